The summed E-state index contributed by atoms with van der Waals surface area (Å²) in [5, 5.41) is 3.85. The van der Waals surface area contributed by atoms with Crippen LogP contribution in [0.15, 0.2) is 16.9 Å². The Morgan fingerprint density at radius 2 is 1.92 bits per heavy atom. The highest BCUT2D eigenvalue weighted by atomic mass is 19.4. The molecular formula is C16H20F3N3O3. The highest BCUT2D eigenvalue weighted by molar-refractivity contribution is 5.80. The van der Waals surface area contributed by atoms with Gasteiger partial charge in [-0.3, -0.25) is 9.69 Å². The summed E-state index contributed by atoms with van der Waals surface area (Å²) in [6.07, 6.45) is -3.40. The maximum absolute atomic E-state index is 13.4. The maximum Gasteiger partial charge on any atom is 0.395 e. The minimum atomic E-state index is -4.39. The van der Waals surface area contributed by atoms with Crippen LogP contribution in [0.1, 0.15) is 18.5 Å². The van der Waals surface area contributed by atoms with Gasteiger partial charge in [0.1, 0.15) is 6.26 Å². The summed E-state index contributed by atoms with van der Waals surface area (Å²) >= 11 is 0. The molecule has 4 rings (SSSR count). The summed E-state index contributed by atoms with van der Waals surface area (Å²) in [5.41, 5.74) is 0.804. The fourth-order valence-corrected chi connectivity index (χ4v) is 4.29. The van der Waals surface area contributed by atoms with E-state index in [1.54, 1.807) is 11.0 Å². The molecule has 0 radical (unpaired) electrons. The highest BCUT2D eigenvalue weighted by Crippen LogP contribution is 2.51. The van der Waals surface area contributed by atoms with Gasteiger partial charge < -0.3 is 14.2 Å². The minimum Gasteiger partial charge on any atom is -0.373 e. The van der Waals surface area contributed by atoms with Crippen molar-refractivity contribution in [2.45, 2.75) is 37.8 Å². The number of halogens is 3. The van der Waals surface area contributed by atoms with E-state index in [2.05, 4.69) is 10.1 Å². The standard InChI is InChI=1S/C16H20F3N3O3/c17-16(18,19)14-12-2-1-11(25-12)13(14)15(23)22-6-4-21(5-7-22)9-10-3-8-24-20-10/h3,8,11-14H,1-2,4-7,9H2. The van der Waals surface area contributed by atoms with Crippen LogP contribution in [-0.2, 0) is 16.1 Å². The lowest BCUT2D eigenvalue weighted by Crippen LogP contribution is -2.53. The zero-order chi connectivity index (χ0) is 17.6. The SMILES string of the molecule is O=C(C1C2CCC(O2)C1C(F)(F)F)N1CCN(Cc2ccon2)CC1. The smallest absolute Gasteiger partial charge is 0.373 e. The molecule has 3 aliphatic rings. The van der Waals surface area contributed by atoms with Gasteiger partial charge in [-0.25, -0.2) is 0 Å². The molecule has 3 fully saturated rings. The van der Waals surface area contributed by atoms with Crippen molar-refractivity contribution < 1.29 is 27.2 Å². The summed E-state index contributed by atoms with van der Waals surface area (Å²) in [6.45, 7) is 2.68. The van der Waals surface area contributed by atoms with Crippen molar-refractivity contribution >= 4 is 5.91 Å². The zero-order valence-electron chi connectivity index (χ0n) is 13.6. The van der Waals surface area contributed by atoms with Gasteiger partial charge in [-0.1, -0.05) is 5.16 Å². The van der Waals surface area contributed by atoms with Gasteiger partial charge in [-0.05, 0) is 12.8 Å². The molecule has 0 spiro atoms. The van der Waals surface area contributed by atoms with Crippen LogP contribution >= 0.6 is 0 Å². The fraction of sp³-hybridized carbons (Fsp3) is 0.750. The molecule has 1 amide bonds. The van der Waals surface area contributed by atoms with E-state index in [1.807, 2.05) is 0 Å². The number of carbonyl (C=O) groups excluding carboxylic acids is 1. The lowest BCUT2D eigenvalue weighted by Gasteiger charge is -2.38. The Bertz CT molecular complexity index is 614. The van der Waals surface area contributed by atoms with E-state index in [4.69, 9.17) is 9.26 Å². The molecular weight excluding hydrogens is 339 g/mol. The highest BCUT2D eigenvalue weighted by Gasteiger charge is 2.63. The number of nitrogens with zero attached hydrogens (tertiary/aromatic N) is 3. The van der Waals surface area contributed by atoms with Gasteiger partial charge in [-0.15, -0.1) is 0 Å². The van der Waals surface area contributed by atoms with E-state index in [0.717, 1.165) is 5.69 Å². The maximum atomic E-state index is 13.4. The van der Waals surface area contributed by atoms with Crippen LogP contribution in [0.3, 0.4) is 0 Å². The fourth-order valence-electron chi connectivity index (χ4n) is 4.29. The van der Waals surface area contributed by atoms with E-state index in [0.29, 0.717) is 45.6 Å². The van der Waals surface area contributed by atoms with Crippen molar-refractivity contribution in [1.29, 1.82) is 0 Å². The first-order chi connectivity index (χ1) is 11.9. The van der Waals surface area contributed by atoms with Gasteiger partial charge in [0.25, 0.3) is 0 Å². The molecule has 4 heterocycles. The van der Waals surface area contributed by atoms with Crippen LogP contribution < -0.4 is 0 Å². The molecule has 0 aliphatic carbocycles. The molecule has 25 heavy (non-hydrogen) atoms. The Labute approximate surface area is 142 Å². The molecule has 1 aromatic heterocycles. The van der Waals surface area contributed by atoms with Crippen molar-refractivity contribution in [3.8, 4) is 0 Å². The monoisotopic (exact) mass is 359 g/mol. The second-order valence-corrected chi connectivity index (χ2v) is 6.98. The van der Waals surface area contributed by atoms with Crippen molar-refractivity contribution in [3.05, 3.63) is 18.0 Å². The molecule has 0 N–H and O–H groups in total. The number of piperazine rings is 1. The number of carbonyl (C=O) groups is 1. The quantitative estimate of drug-likeness (QED) is 0.822. The van der Waals surface area contributed by atoms with E-state index in [-0.39, 0.29) is 0 Å². The van der Waals surface area contributed by atoms with Crippen LogP contribution in [0.2, 0.25) is 0 Å². The Morgan fingerprint density at radius 3 is 2.56 bits per heavy atom. The van der Waals surface area contributed by atoms with Crippen LogP contribution in [-0.4, -0.2) is 65.4 Å². The topological polar surface area (TPSA) is 58.8 Å². The molecule has 6 nitrogen and oxygen atoms in total. The second-order valence-electron chi connectivity index (χ2n) is 6.98. The number of rotatable bonds is 3. The first-order valence-electron chi connectivity index (χ1n) is 8.56. The minimum absolute atomic E-state index is 0.393. The number of hydrogen-bond donors (Lipinski definition) is 0. The molecule has 138 valence electrons. The van der Waals surface area contributed by atoms with E-state index in [1.165, 1.54) is 6.26 Å². The average molecular weight is 359 g/mol. The number of aromatic nitrogens is 1. The largest absolute Gasteiger partial charge is 0.395 e. The first-order valence-corrected chi connectivity index (χ1v) is 8.56. The van der Waals surface area contributed by atoms with Crippen LogP contribution in [0.5, 0.6) is 0 Å². The Hall–Kier alpha value is -1.61. The predicted octanol–water partition coefficient (Wildman–Crippen LogP) is 1.67. The van der Waals surface area contributed by atoms with Gasteiger partial charge in [0.15, 0.2) is 0 Å². The summed E-state index contributed by atoms with van der Waals surface area (Å²) in [7, 11) is 0. The lowest BCUT2D eigenvalue weighted by molar-refractivity contribution is -0.199. The Balaban J connectivity index is 1.38. The van der Waals surface area contributed by atoms with E-state index >= 15 is 0 Å². The second kappa shape index (κ2) is 6.28. The van der Waals surface area contributed by atoms with Crippen molar-refractivity contribution in [1.82, 2.24) is 15.0 Å². The van der Waals surface area contributed by atoms with Gasteiger partial charge in [0, 0.05) is 38.8 Å². The Kier molecular flexibility index (Phi) is 4.23. The number of alkyl halides is 3. The molecule has 2 bridgehead atoms. The summed E-state index contributed by atoms with van der Waals surface area (Å²) < 4.78 is 50.4. The van der Waals surface area contributed by atoms with Crippen LogP contribution in [0.4, 0.5) is 13.2 Å². The van der Waals surface area contributed by atoms with Crippen LogP contribution in [0, 0.1) is 11.8 Å². The molecule has 9 heteroatoms. The van der Waals surface area contributed by atoms with Gasteiger partial charge in [0.05, 0.1) is 29.7 Å². The molecule has 0 saturated carbocycles. The van der Waals surface area contributed by atoms with E-state index in [9.17, 15) is 18.0 Å². The molecule has 0 aromatic carbocycles. The summed E-state index contributed by atoms with van der Waals surface area (Å²) in [5.74, 6) is -3.15. The number of fused-ring (bicyclic) bond motifs is 2. The summed E-state index contributed by atoms with van der Waals surface area (Å²) in [4.78, 5) is 16.4. The van der Waals surface area contributed by atoms with E-state index < -0.39 is 36.1 Å². The molecule has 3 saturated heterocycles. The lowest BCUT2D eigenvalue weighted by atomic mass is 9.78. The van der Waals surface area contributed by atoms with Gasteiger partial charge >= 0.3 is 6.18 Å². The van der Waals surface area contributed by atoms with Gasteiger partial charge in [-0.2, -0.15) is 13.2 Å². The molecule has 3 aliphatic heterocycles. The van der Waals surface area contributed by atoms with Crippen LogP contribution in [0.25, 0.3) is 0 Å². The number of amides is 1. The molecule has 4 atom stereocenters. The third kappa shape index (κ3) is 3.15. The normalized spacial score (nSPS) is 33.2. The zero-order valence-corrected chi connectivity index (χ0v) is 13.6. The van der Waals surface area contributed by atoms with Crippen molar-refractivity contribution in [3.63, 3.8) is 0 Å². The Morgan fingerprint density at radius 1 is 1.20 bits per heavy atom. The van der Waals surface area contributed by atoms with Gasteiger partial charge in [0.2, 0.25) is 5.91 Å². The predicted molar refractivity (Wildman–Crippen MR) is 79.3 cm³/mol. The van der Waals surface area contributed by atoms with Crippen molar-refractivity contribution in [2.24, 2.45) is 11.8 Å². The number of ether oxygens (including phenoxy) is 1. The first kappa shape index (κ1) is 16.8. The molecule has 4 unspecified atom stereocenters. The van der Waals surface area contributed by atoms with Crippen molar-refractivity contribution in [2.75, 3.05) is 26.2 Å². The molecule has 1 aromatic rings. The third-order valence-electron chi connectivity index (χ3n) is 5.50. The average Bonchev–Trinajstić information content (AvgIpc) is 3.30. The summed E-state index contributed by atoms with van der Waals surface area (Å²) in [6, 6.07) is 1.78. The third-order valence-corrected chi connectivity index (χ3v) is 5.50. The number of hydrogen-bond acceptors (Lipinski definition) is 5.